The van der Waals surface area contributed by atoms with Crippen molar-refractivity contribution < 1.29 is 33.0 Å². The molecule has 0 aliphatic carbocycles. The van der Waals surface area contributed by atoms with Gasteiger partial charge >= 0.3 is 6.09 Å². The highest BCUT2D eigenvalue weighted by molar-refractivity contribution is 9.10. The van der Waals surface area contributed by atoms with Crippen LogP contribution in [0.3, 0.4) is 0 Å². The molecule has 15 heteroatoms. The first-order valence-electron chi connectivity index (χ1n) is 12.2. The average Bonchev–Trinajstić information content (AvgIpc) is 3.44. The molecule has 3 N–H and O–H groups in total. The van der Waals surface area contributed by atoms with Crippen LogP contribution >= 0.6 is 27.5 Å². The Morgan fingerprint density at radius 2 is 1.95 bits per heavy atom. The summed E-state index contributed by atoms with van der Waals surface area (Å²) in [6.45, 7) is 4.72. The molecule has 1 fully saturated rings. The molecule has 1 unspecified atom stereocenters. The Labute approximate surface area is 246 Å². The number of carboxylic acid groups (broad SMARTS) is 1. The summed E-state index contributed by atoms with van der Waals surface area (Å²) in [5.74, 6) is -2.65. The van der Waals surface area contributed by atoms with Gasteiger partial charge in [0.15, 0.2) is 5.82 Å². The second-order valence-electron chi connectivity index (χ2n) is 10.5. The van der Waals surface area contributed by atoms with Gasteiger partial charge in [-0.2, -0.15) is 5.10 Å². The lowest BCUT2D eigenvalue weighted by Crippen LogP contribution is -2.47. The third-order valence-electron chi connectivity index (χ3n) is 6.36. The van der Waals surface area contributed by atoms with Crippen LogP contribution in [0.2, 0.25) is 5.02 Å². The van der Waals surface area contributed by atoms with Crippen LogP contribution in [0.4, 0.5) is 18.0 Å². The third-order valence-corrected chi connectivity index (χ3v) is 7.18. The fourth-order valence-electron chi connectivity index (χ4n) is 4.92. The summed E-state index contributed by atoms with van der Waals surface area (Å²) < 4.78 is 43.8. The van der Waals surface area contributed by atoms with Gasteiger partial charge in [0.2, 0.25) is 5.96 Å². The van der Waals surface area contributed by atoms with E-state index in [-0.39, 0.29) is 28.3 Å². The Hall–Kier alpha value is -3.49. The highest BCUT2D eigenvalue weighted by atomic mass is 79.9. The van der Waals surface area contributed by atoms with E-state index in [1.54, 1.807) is 6.07 Å². The number of aromatic nitrogens is 3. The van der Waals surface area contributed by atoms with Gasteiger partial charge in [-0.05, 0) is 41.7 Å². The Bertz CT molecular complexity index is 1530. The molecule has 1 aliphatic heterocycles. The number of amides is 2. The van der Waals surface area contributed by atoms with Crippen molar-refractivity contribution in [1.82, 2.24) is 25.0 Å². The largest absolute Gasteiger partial charge is 0.463 e. The molecule has 2 heterocycles. The minimum absolute atomic E-state index is 0.00719. The van der Waals surface area contributed by atoms with Gasteiger partial charge in [-0.25, -0.2) is 27.6 Å². The highest BCUT2D eigenvalue weighted by Crippen LogP contribution is 2.43. The maximum absolute atomic E-state index is 15.4. The molecule has 1 aliphatic rings. The third kappa shape index (κ3) is 5.95. The van der Waals surface area contributed by atoms with Gasteiger partial charge < -0.3 is 15.5 Å². The van der Waals surface area contributed by atoms with Crippen LogP contribution in [0.1, 0.15) is 56.6 Å². The molecule has 10 nitrogen and oxygen atoms in total. The van der Waals surface area contributed by atoms with E-state index in [2.05, 4.69) is 36.3 Å². The van der Waals surface area contributed by atoms with Gasteiger partial charge in [-0.3, -0.25) is 9.69 Å². The van der Waals surface area contributed by atoms with Crippen molar-refractivity contribution in [3.8, 4) is 5.69 Å². The zero-order valence-corrected chi connectivity index (χ0v) is 24.3. The summed E-state index contributed by atoms with van der Waals surface area (Å²) in [6, 6.07) is 6.94. The molecule has 0 radical (unpaired) electrons. The number of carbonyl (C=O) groups is 2. The van der Waals surface area contributed by atoms with Crippen molar-refractivity contribution in [2.45, 2.75) is 45.2 Å². The summed E-state index contributed by atoms with van der Waals surface area (Å²) in [5.41, 5.74) is -2.30. The average molecular weight is 658 g/mol. The van der Waals surface area contributed by atoms with E-state index in [1.807, 2.05) is 20.8 Å². The first-order valence-corrected chi connectivity index (χ1v) is 13.3. The quantitative estimate of drug-likeness (QED) is 0.302. The first kappa shape index (κ1) is 30.5. The van der Waals surface area contributed by atoms with Crippen molar-refractivity contribution in [2.75, 3.05) is 6.61 Å². The number of hydrogen-bond acceptors (Lipinski definition) is 5. The maximum Gasteiger partial charge on any atom is 0.434 e. The number of benzene rings is 2. The number of aliphatic hydroxyl groups is 1. The molecule has 4 rings (SSSR count). The number of hydrogen-bond donors (Lipinski definition) is 3. The van der Waals surface area contributed by atoms with Crippen LogP contribution < -0.4 is 5.32 Å². The maximum atomic E-state index is 15.4. The highest BCUT2D eigenvalue weighted by Gasteiger charge is 2.56. The van der Waals surface area contributed by atoms with E-state index in [9.17, 15) is 28.6 Å². The van der Waals surface area contributed by atoms with Crippen molar-refractivity contribution in [3.05, 3.63) is 75.0 Å². The summed E-state index contributed by atoms with van der Waals surface area (Å²) in [7, 11) is 0. The van der Waals surface area contributed by atoms with E-state index in [1.165, 1.54) is 30.3 Å². The second kappa shape index (κ2) is 11.4. The van der Waals surface area contributed by atoms with Crippen molar-refractivity contribution >= 4 is 45.5 Å². The predicted octanol–water partition coefficient (Wildman–Crippen LogP) is 5.59. The number of carbonyl (C=O) groups excluding carboxylic acids is 1. The number of aliphatic imine (C=N–C) groups is 1. The van der Waals surface area contributed by atoms with E-state index in [4.69, 9.17) is 11.6 Å². The Kier molecular flexibility index (Phi) is 8.48. The van der Waals surface area contributed by atoms with Crippen molar-refractivity contribution in [1.29, 1.82) is 0 Å². The number of rotatable bonds is 7. The zero-order valence-electron chi connectivity index (χ0n) is 21.9. The number of nitrogens with zero attached hydrogens (tertiary/aromatic N) is 5. The fourth-order valence-corrected chi connectivity index (χ4v) is 5.45. The molecule has 2 aromatic carbocycles. The summed E-state index contributed by atoms with van der Waals surface area (Å²) in [6.07, 6.45) is -3.70. The van der Waals surface area contributed by atoms with Crippen molar-refractivity contribution in [2.24, 2.45) is 10.4 Å². The van der Waals surface area contributed by atoms with Gasteiger partial charge in [0.1, 0.15) is 17.7 Å². The van der Waals surface area contributed by atoms with Gasteiger partial charge in [-0.15, -0.1) is 4.99 Å². The van der Waals surface area contributed by atoms with Crippen LogP contribution in [0.15, 0.2) is 52.2 Å². The van der Waals surface area contributed by atoms with E-state index < -0.39 is 59.6 Å². The van der Waals surface area contributed by atoms with Gasteiger partial charge in [0.05, 0.1) is 23.4 Å². The molecule has 218 valence electrons. The minimum Gasteiger partial charge on any atom is -0.463 e. The molecule has 0 spiro atoms. The van der Waals surface area contributed by atoms with E-state index in [0.717, 1.165) is 15.9 Å². The van der Waals surface area contributed by atoms with Crippen LogP contribution in [0, 0.1) is 11.2 Å². The topological polar surface area (TPSA) is 133 Å². The number of aliphatic hydroxyl groups excluding tert-OH is 1. The summed E-state index contributed by atoms with van der Waals surface area (Å²) in [5, 5.41) is 26.7. The van der Waals surface area contributed by atoms with Gasteiger partial charge in [0.25, 0.3) is 12.3 Å². The Morgan fingerprint density at radius 1 is 1.24 bits per heavy atom. The molecular weight excluding hydrogens is 633 g/mol. The molecule has 2 amide bonds. The number of guanidine groups is 1. The predicted molar refractivity (Wildman–Crippen MR) is 146 cm³/mol. The molecular formula is C26H25BrClF3N6O4. The normalized spacial score (nSPS) is 19.2. The number of alkyl halides is 2. The van der Waals surface area contributed by atoms with Gasteiger partial charge in [0, 0.05) is 10.0 Å². The fraction of sp³-hybridized carbons (Fsp3) is 0.346. The number of halogens is 5. The Balaban J connectivity index is 1.91. The lowest BCUT2D eigenvalue weighted by molar-refractivity contribution is -0.135. The zero-order chi connectivity index (χ0) is 30.3. The molecule has 0 saturated carbocycles. The van der Waals surface area contributed by atoms with Crippen molar-refractivity contribution in [3.63, 3.8) is 0 Å². The standard InChI is InChI=1S/C26H25BrClF3N6O4/c1-25(2,3)11-26(15-6-5-14(27)9-17(15)29)22(39)36(23(35-26)34-24(40)41)19(10-38)13-4-7-16(28)18(8-13)37-21(20(30)31)32-12-33-37/h4-9,12,19-20,38H,10-11H2,1-3H3,(H,34,35)(H,40,41)/t19-,26?/m1/s1. The molecule has 3 aromatic rings. The summed E-state index contributed by atoms with van der Waals surface area (Å²) in [4.78, 5) is 34.2. The van der Waals surface area contributed by atoms with E-state index in [0.29, 0.717) is 4.47 Å². The first-order chi connectivity index (χ1) is 19.2. The van der Waals surface area contributed by atoms with Crippen LogP contribution in [0.25, 0.3) is 5.69 Å². The lowest BCUT2D eigenvalue weighted by Gasteiger charge is -2.35. The molecule has 1 aromatic heterocycles. The van der Waals surface area contributed by atoms with Crippen LogP contribution in [0.5, 0.6) is 0 Å². The molecule has 1 saturated heterocycles. The molecule has 0 bridgehead atoms. The molecule has 2 atom stereocenters. The second-order valence-corrected chi connectivity index (χ2v) is 11.8. The minimum atomic E-state index is -2.98. The monoisotopic (exact) mass is 656 g/mol. The van der Waals surface area contributed by atoms with E-state index >= 15 is 4.39 Å². The van der Waals surface area contributed by atoms with Crippen LogP contribution in [-0.4, -0.2) is 54.4 Å². The number of nitrogens with one attached hydrogen (secondary N) is 1. The van der Waals surface area contributed by atoms with Gasteiger partial charge in [-0.1, -0.05) is 60.4 Å². The smallest absolute Gasteiger partial charge is 0.434 e. The summed E-state index contributed by atoms with van der Waals surface area (Å²) >= 11 is 9.49. The Morgan fingerprint density at radius 3 is 2.54 bits per heavy atom. The molecule has 41 heavy (non-hydrogen) atoms. The lowest BCUT2D eigenvalue weighted by atomic mass is 9.75. The SMILES string of the molecule is CC(C)(C)CC1(c2ccc(Br)cc2F)NC(=NC(=O)O)N([C@H](CO)c2ccc(Cl)c(-n3ncnc3C(F)F)c2)C1=O. The van der Waals surface area contributed by atoms with Crippen LogP contribution in [-0.2, 0) is 10.3 Å².